The molecule has 1 atom stereocenters. The van der Waals surface area contributed by atoms with Gasteiger partial charge in [0.25, 0.3) is 5.91 Å². The molecule has 9 heavy (non-hydrogen) atoms. The normalized spacial score (nSPS) is 25.0. The number of carbonyl (C=O) groups is 1. The van der Waals surface area contributed by atoms with Crippen molar-refractivity contribution in [2.24, 2.45) is 16.6 Å². The maximum atomic E-state index is 10.7. The summed E-state index contributed by atoms with van der Waals surface area (Å²) in [4.78, 5) is 14.2. The van der Waals surface area contributed by atoms with Gasteiger partial charge in [-0.3, -0.25) is 4.79 Å². The van der Waals surface area contributed by atoms with Gasteiger partial charge < -0.3 is 5.73 Å². The molecule has 0 aromatic heterocycles. The van der Waals surface area contributed by atoms with Gasteiger partial charge in [-0.2, -0.15) is 0 Å². The fourth-order valence-electron chi connectivity index (χ4n) is 0.658. The molecule has 0 bridgehead atoms. The third-order valence-corrected chi connectivity index (χ3v) is 1.20. The lowest BCUT2D eigenvalue weighted by Crippen LogP contribution is -2.21. The van der Waals surface area contributed by atoms with E-state index in [1.165, 1.54) is 6.21 Å². The third-order valence-electron chi connectivity index (χ3n) is 1.20. The van der Waals surface area contributed by atoms with Crippen molar-refractivity contribution in [2.75, 3.05) is 6.54 Å². The van der Waals surface area contributed by atoms with Crippen molar-refractivity contribution in [3.63, 3.8) is 0 Å². The summed E-state index contributed by atoms with van der Waals surface area (Å²) in [6.45, 7) is 0.354. The van der Waals surface area contributed by atoms with Crippen LogP contribution in [0.2, 0.25) is 0 Å². The zero-order valence-electron chi connectivity index (χ0n) is 4.95. The summed E-state index contributed by atoms with van der Waals surface area (Å²) >= 11 is 0. The van der Waals surface area contributed by atoms with Crippen molar-refractivity contribution in [3.8, 4) is 0 Å². The first-order valence-corrected chi connectivity index (χ1v) is 2.79. The molecular formula is C6H8N2O. The Kier molecular flexibility index (Phi) is 1.75. The van der Waals surface area contributed by atoms with E-state index in [2.05, 4.69) is 4.99 Å². The summed E-state index contributed by atoms with van der Waals surface area (Å²) < 4.78 is 0. The van der Waals surface area contributed by atoms with Crippen LogP contribution in [0.5, 0.6) is 0 Å². The van der Waals surface area contributed by atoms with Crippen molar-refractivity contribution < 1.29 is 4.79 Å². The number of nitrogens with two attached hydrogens (primary N) is 1. The number of carbonyl (C=O) groups excluding carboxylic acids is 1. The number of hydrogen-bond acceptors (Lipinski definition) is 2. The Labute approximate surface area is 53.3 Å². The number of dihydropyridines is 1. The van der Waals surface area contributed by atoms with Crippen LogP contribution in [0.3, 0.4) is 0 Å². The lowest BCUT2D eigenvalue weighted by atomic mass is 10.1. The smallest absolute Gasteiger partial charge is 0.253 e. The Balaban J connectivity index is 2.66. The molecule has 3 heteroatoms. The van der Waals surface area contributed by atoms with Crippen LogP contribution < -0.4 is 5.73 Å². The fourth-order valence-corrected chi connectivity index (χ4v) is 0.658. The fraction of sp³-hybridized carbons (Fsp3) is 0.333. The molecule has 2 N–H and O–H groups in total. The van der Waals surface area contributed by atoms with Gasteiger partial charge in [0.1, 0.15) is 0 Å². The molecule has 0 aromatic rings. The van der Waals surface area contributed by atoms with Crippen LogP contribution in [0.15, 0.2) is 17.1 Å². The molecule has 0 fully saturated rings. The minimum absolute atomic E-state index is 0.139. The Morgan fingerprint density at radius 3 is 3.00 bits per heavy atom. The molecule has 0 aliphatic carbocycles. The SMILES string of the molecule is NCC1C=CC=NC1=O. The van der Waals surface area contributed by atoms with Crippen LogP contribution in [0, 0.1) is 5.92 Å². The zero-order valence-corrected chi connectivity index (χ0v) is 4.95. The van der Waals surface area contributed by atoms with Gasteiger partial charge in [-0.1, -0.05) is 6.08 Å². The highest BCUT2D eigenvalue weighted by Gasteiger charge is 2.12. The van der Waals surface area contributed by atoms with Gasteiger partial charge in [-0.15, -0.1) is 0 Å². The summed E-state index contributed by atoms with van der Waals surface area (Å²) in [5.41, 5.74) is 5.25. The van der Waals surface area contributed by atoms with Gasteiger partial charge >= 0.3 is 0 Å². The lowest BCUT2D eigenvalue weighted by Gasteiger charge is -2.05. The first kappa shape index (κ1) is 6.16. The monoisotopic (exact) mass is 124 g/mol. The summed E-state index contributed by atoms with van der Waals surface area (Å²) in [6.07, 6.45) is 4.97. The van der Waals surface area contributed by atoms with E-state index in [1.807, 2.05) is 0 Å². The second kappa shape index (κ2) is 2.55. The van der Waals surface area contributed by atoms with Crippen LogP contribution >= 0.6 is 0 Å². The van der Waals surface area contributed by atoms with E-state index in [9.17, 15) is 4.79 Å². The molecule has 0 saturated heterocycles. The number of amides is 1. The predicted molar refractivity (Wildman–Crippen MR) is 35.2 cm³/mol. The number of rotatable bonds is 1. The average molecular weight is 124 g/mol. The molecule has 0 spiro atoms. The lowest BCUT2D eigenvalue weighted by molar-refractivity contribution is -0.119. The molecule has 48 valence electrons. The second-order valence-corrected chi connectivity index (χ2v) is 1.84. The molecule has 1 heterocycles. The van der Waals surface area contributed by atoms with Crippen LogP contribution in [0.1, 0.15) is 0 Å². The summed E-state index contributed by atoms with van der Waals surface area (Å²) in [7, 11) is 0. The minimum Gasteiger partial charge on any atom is -0.329 e. The molecule has 0 aromatic carbocycles. The Morgan fingerprint density at radius 1 is 1.78 bits per heavy atom. The molecule has 1 aliphatic rings. The first-order chi connectivity index (χ1) is 4.34. The van der Waals surface area contributed by atoms with E-state index < -0.39 is 0 Å². The van der Waals surface area contributed by atoms with Crippen molar-refractivity contribution in [2.45, 2.75) is 0 Å². The van der Waals surface area contributed by atoms with Gasteiger partial charge in [0.2, 0.25) is 0 Å². The van der Waals surface area contributed by atoms with Crippen molar-refractivity contribution in [1.82, 2.24) is 0 Å². The maximum Gasteiger partial charge on any atom is 0.253 e. The first-order valence-electron chi connectivity index (χ1n) is 2.79. The van der Waals surface area contributed by atoms with E-state index in [1.54, 1.807) is 12.2 Å². The van der Waals surface area contributed by atoms with Crippen LogP contribution in [-0.2, 0) is 4.79 Å². The van der Waals surface area contributed by atoms with Crippen molar-refractivity contribution in [3.05, 3.63) is 12.2 Å². The van der Waals surface area contributed by atoms with Crippen LogP contribution in [-0.4, -0.2) is 18.7 Å². The quantitative estimate of drug-likeness (QED) is 0.523. The molecule has 0 saturated carbocycles. The largest absolute Gasteiger partial charge is 0.329 e. The zero-order chi connectivity index (χ0) is 6.69. The highest BCUT2D eigenvalue weighted by atomic mass is 16.1. The highest BCUT2D eigenvalue weighted by Crippen LogP contribution is 2.02. The molecule has 1 unspecified atom stereocenters. The molecule has 1 amide bonds. The summed E-state index contributed by atoms with van der Waals surface area (Å²) in [5, 5.41) is 0. The number of allylic oxidation sites excluding steroid dienone is 1. The van der Waals surface area contributed by atoms with Gasteiger partial charge in [-0.25, -0.2) is 4.99 Å². The Bertz CT molecular complexity index is 172. The average Bonchev–Trinajstić information content (AvgIpc) is 1.89. The van der Waals surface area contributed by atoms with Crippen molar-refractivity contribution >= 4 is 12.1 Å². The molecule has 3 nitrogen and oxygen atoms in total. The number of hydrogen-bond donors (Lipinski definition) is 1. The topological polar surface area (TPSA) is 55.4 Å². The number of nitrogens with zero attached hydrogens (tertiary/aromatic N) is 1. The standard InChI is InChI=1S/C6H8N2O/c7-4-5-2-1-3-8-6(5)9/h1-3,5H,4,7H2. The van der Waals surface area contributed by atoms with E-state index in [0.717, 1.165) is 0 Å². The molecule has 1 rings (SSSR count). The maximum absolute atomic E-state index is 10.7. The van der Waals surface area contributed by atoms with E-state index in [0.29, 0.717) is 6.54 Å². The van der Waals surface area contributed by atoms with Crippen LogP contribution in [0.25, 0.3) is 0 Å². The van der Waals surface area contributed by atoms with E-state index in [4.69, 9.17) is 5.73 Å². The van der Waals surface area contributed by atoms with E-state index in [-0.39, 0.29) is 11.8 Å². The molecule has 1 aliphatic heterocycles. The third kappa shape index (κ3) is 1.23. The predicted octanol–water partition coefficient (Wildman–Crippen LogP) is -0.272. The highest BCUT2D eigenvalue weighted by molar-refractivity contribution is 5.94. The van der Waals surface area contributed by atoms with Gasteiger partial charge in [0, 0.05) is 12.8 Å². The van der Waals surface area contributed by atoms with Gasteiger partial charge in [-0.05, 0) is 6.08 Å². The summed E-state index contributed by atoms with van der Waals surface area (Å²) in [5.74, 6) is -0.324. The van der Waals surface area contributed by atoms with Crippen molar-refractivity contribution in [1.29, 1.82) is 0 Å². The minimum atomic E-state index is -0.185. The van der Waals surface area contributed by atoms with E-state index >= 15 is 0 Å². The molecular weight excluding hydrogens is 116 g/mol. The van der Waals surface area contributed by atoms with Gasteiger partial charge in [0.15, 0.2) is 0 Å². The van der Waals surface area contributed by atoms with Crippen LogP contribution in [0.4, 0.5) is 0 Å². The van der Waals surface area contributed by atoms with Gasteiger partial charge in [0.05, 0.1) is 5.92 Å². The molecule has 0 radical (unpaired) electrons. The Morgan fingerprint density at radius 2 is 2.56 bits per heavy atom. The Hall–Kier alpha value is -0.960. The summed E-state index contributed by atoms with van der Waals surface area (Å²) in [6, 6.07) is 0. The second-order valence-electron chi connectivity index (χ2n) is 1.84. The number of aliphatic imine (C=N–C) groups is 1.